The Bertz CT molecular complexity index is 2000. The molecule has 0 aliphatic carbocycles. The number of fused-ring (bicyclic) bond motifs is 3. The first-order chi connectivity index (χ1) is 17.6. The van der Waals surface area contributed by atoms with Gasteiger partial charge in [-0.15, -0.1) is 0 Å². The summed E-state index contributed by atoms with van der Waals surface area (Å²) in [6, 6.07) is 28.2. The van der Waals surface area contributed by atoms with Gasteiger partial charge >= 0.3 is 224 Å². The molecule has 0 saturated heterocycles. The van der Waals surface area contributed by atoms with Crippen LogP contribution in [0.15, 0.2) is 72.8 Å². The Hall–Kier alpha value is -3.12. The molecule has 0 N–H and O–H groups in total. The van der Waals surface area contributed by atoms with Crippen molar-refractivity contribution < 1.29 is 0 Å². The zero-order chi connectivity index (χ0) is 25.4. The normalized spacial score (nSPS) is 13.7. The van der Waals surface area contributed by atoms with Gasteiger partial charge in [0, 0.05) is 0 Å². The van der Waals surface area contributed by atoms with E-state index in [2.05, 4.69) is 114 Å². The van der Waals surface area contributed by atoms with Crippen molar-refractivity contribution in [2.24, 2.45) is 0 Å². The molecule has 0 aliphatic rings. The Kier molecular flexibility index (Phi) is 4.05. The van der Waals surface area contributed by atoms with E-state index in [9.17, 15) is 0 Å². The van der Waals surface area contributed by atoms with E-state index < -0.39 is 0 Å². The van der Waals surface area contributed by atoms with Gasteiger partial charge in [-0.2, -0.15) is 0 Å². The zero-order valence-electron chi connectivity index (χ0n) is 22.3. The number of rotatable bonds is 1. The molecule has 8 rings (SSSR count). The quantitative estimate of drug-likeness (QED) is 0.143. The minimum atomic E-state index is 0.0681. The van der Waals surface area contributed by atoms with Crippen LogP contribution in [0, 0.1) is 0 Å². The predicted octanol–water partition coefficient (Wildman–Crippen LogP) is 10.2. The third-order valence-electron chi connectivity index (χ3n) is 8.57. The second kappa shape index (κ2) is 6.84. The molecule has 0 spiro atoms. The van der Waals surface area contributed by atoms with Crippen molar-refractivity contribution in [2.75, 3.05) is 0 Å². The number of hydrogen-bond donors (Lipinski definition) is 0. The molecule has 0 atom stereocenters. The van der Waals surface area contributed by atoms with Crippen molar-refractivity contribution in [3.05, 3.63) is 83.9 Å². The first-order valence-electron chi connectivity index (χ1n) is 13.4. The fourth-order valence-electron chi connectivity index (χ4n) is 6.93. The predicted molar refractivity (Wildman–Crippen MR) is 165 cm³/mol. The van der Waals surface area contributed by atoms with Gasteiger partial charge in [-0.05, 0) is 0 Å². The summed E-state index contributed by atoms with van der Waals surface area (Å²) >= 11 is 0.271. The van der Waals surface area contributed by atoms with Crippen molar-refractivity contribution in [1.29, 1.82) is 0 Å². The zero-order valence-corrected chi connectivity index (χ0v) is 24.0. The van der Waals surface area contributed by atoms with E-state index in [0.717, 1.165) is 0 Å². The van der Waals surface area contributed by atoms with Crippen molar-refractivity contribution in [3.63, 3.8) is 0 Å². The Balaban J connectivity index is 1.72. The van der Waals surface area contributed by atoms with Gasteiger partial charge < -0.3 is 0 Å². The average molecular weight is 542 g/mol. The maximum absolute atomic E-state index is 2.57. The average Bonchev–Trinajstić information content (AvgIpc) is 3.46. The first-order valence-corrected chi connectivity index (χ1v) is 15.1. The van der Waals surface area contributed by atoms with E-state index in [1.165, 1.54) is 80.4 Å². The number of hydrogen-bond acceptors (Lipinski definition) is 0. The van der Waals surface area contributed by atoms with Crippen molar-refractivity contribution in [1.82, 2.24) is 0 Å². The van der Waals surface area contributed by atoms with Crippen molar-refractivity contribution >= 4 is 78.0 Å². The molecule has 180 valence electrons. The van der Waals surface area contributed by atoms with E-state index in [4.69, 9.17) is 0 Å². The van der Waals surface area contributed by atoms with Gasteiger partial charge in [0.15, 0.2) is 0 Å². The van der Waals surface area contributed by atoms with Gasteiger partial charge in [0.2, 0.25) is 0 Å². The fourth-order valence-corrected chi connectivity index (χ4v) is 9.45. The molecule has 0 saturated carbocycles. The van der Waals surface area contributed by atoms with Gasteiger partial charge in [-0.25, -0.2) is 0 Å². The monoisotopic (exact) mass is 542 g/mol. The third kappa shape index (κ3) is 2.74. The third-order valence-corrected chi connectivity index (χ3v) is 11.1. The summed E-state index contributed by atoms with van der Waals surface area (Å²) in [5, 5.41) is 16.2. The van der Waals surface area contributed by atoms with E-state index in [1.54, 1.807) is 4.26 Å². The van der Waals surface area contributed by atoms with Gasteiger partial charge in [-0.1, -0.05) is 0 Å². The Morgan fingerprint density at radius 1 is 0.486 bits per heavy atom. The second-order valence-electron chi connectivity index (χ2n) is 13.0. The van der Waals surface area contributed by atoms with E-state index in [0.29, 0.717) is 0 Å². The van der Waals surface area contributed by atoms with Gasteiger partial charge in [-0.3, -0.25) is 0 Å². The molecule has 1 aromatic heterocycles. The topological polar surface area (TPSA) is 0 Å². The molecule has 0 amide bonds. The summed E-state index contributed by atoms with van der Waals surface area (Å²) < 4.78 is 3.07. The minimum absolute atomic E-state index is 0.0681. The number of benzene rings is 6. The van der Waals surface area contributed by atoms with Gasteiger partial charge in [0.05, 0.1) is 0 Å². The second-order valence-corrected chi connectivity index (χ2v) is 15.2. The fraction of sp³-hybridized carbons (Fsp3) is 0.222. The Morgan fingerprint density at radius 3 is 1.62 bits per heavy atom. The molecule has 7 aromatic carbocycles. The Labute approximate surface area is 223 Å². The molecule has 0 nitrogen and oxygen atoms in total. The molecule has 0 unspecified atom stereocenters. The van der Waals surface area contributed by atoms with Crippen molar-refractivity contribution in [3.8, 4) is 10.0 Å². The molecule has 1 heterocycles. The summed E-state index contributed by atoms with van der Waals surface area (Å²) in [5.74, 6) is 0. The van der Waals surface area contributed by atoms with Crippen LogP contribution in [0.5, 0.6) is 0 Å². The summed E-state index contributed by atoms with van der Waals surface area (Å²) in [6.45, 7) is 14.2. The van der Waals surface area contributed by atoms with E-state index in [1.807, 2.05) is 0 Å². The van der Waals surface area contributed by atoms with Crippen LogP contribution < -0.4 is 0 Å². The molecular weight excluding hydrogens is 511 g/mol. The molecule has 37 heavy (non-hydrogen) atoms. The summed E-state index contributed by atoms with van der Waals surface area (Å²) in [7, 11) is 0. The first kappa shape index (κ1) is 21.9. The molecular formula is C36H30Se. The van der Waals surface area contributed by atoms with Crippen LogP contribution >= 0.6 is 0 Å². The van der Waals surface area contributed by atoms with Crippen LogP contribution in [0.4, 0.5) is 0 Å². The van der Waals surface area contributed by atoms with Crippen molar-refractivity contribution in [2.45, 2.75) is 52.4 Å². The van der Waals surface area contributed by atoms with Crippen LogP contribution in [0.1, 0.15) is 52.7 Å². The molecule has 0 fully saturated rings. The van der Waals surface area contributed by atoms with Crippen LogP contribution in [0.2, 0.25) is 0 Å². The molecule has 0 aliphatic heterocycles. The van der Waals surface area contributed by atoms with Crippen LogP contribution in [0.3, 0.4) is 0 Å². The molecule has 8 aromatic rings. The molecule has 1 heteroatoms. The van der Waals surface area contributed by atoms with Crippen LogP contribution in [-0.2, 0) is 10.8 Å². The summed E-state index contributed by atoms with van der Waals surface area (Å²) in [5.41, 5.74) is 4.45. The van der Waals surface area contributed by atoms with Gasteiger partial charge in [0.25, 0.3) is 0 Å². The van der Waals surface area contributed by atoms with E-state index in [-0.39, 0.29) is 25.3 Å². The van der Waals surface area contributed by atoms with Gasteiger partial charge in [0.1, 0.15) is 0 Å². The summed E-state index contributed by atoms with van der Waals surface area (Å²) in [6.07, 6.45) is 0. The van der Waals surface area contributed by atoms with Crippen LogP contribution in [0.25, 0.3) is 73.5 Å². The maximum atomic E-state index is 2.57. The van der Waals surface area contributed by atoms with Crippen LogP contribution in [-0.4, -0.2) is 14.5 Å². The summed E-state index contributed by atoms with van der Waals surface area (Å²) in [4.78, 5) is 0. The Morgan fingerprint density at radius 2 is 1.03 bits per heavy atom. The van der Waals surface area contributed by atoms with E-state index >= 15 is 0 Å². The standard InChI is InChI=1S/C36H30Se/c1-35(2,3)26-16-23-24-18-28(19-10-8-7-9-11-19)37-34(24)25-17-27(36(4,5)6)22-15-13-20-12-14-21(26)30-29(20)31(22)33(25)32(23)30/h7-18H,1-6H3. The SMILES string of the molecule is CC(C)(C)c1cc2c3cc(-c4ccccc4)[se]c3c3cc(C(C)(C)C)c4ccc5ccc1c1c5c4c3c21. The molecule has 0 radical (unpaired) electrons. The molecule has 0 bridgehead atoms.